The molecular formula is C6H11Cl2N3. The van der Waals surface area contributed by atoms with Gasteiger partial charge in [0.15, 0.2) is 0 Å². The Morgan fingerprint density at radius 3 is 2.27 bits per heavy atom. The van der Waals surface area contributed by atoms with Gasteiger partial charge < -0.3 is 5.73 Å². The third kappa shape index (κ3) is 4.14. The van der Waals surface area contributed by atoms with Gasteiger partial charge in [-0.15, -0.1) is 24.8 Å². The summed E-state index contributed by atoms with van der Waals surface area (Å²) in [5.41, 5.74) is 6.34. The highest BCUT2D eigenvalue weighted by Gasteiger charge is 1.96. The highest BCUT2D eigenvalue weighted by molar-refractivity contribution is 5.85. The van der Waals surface area contributed by atoms with Crippen molar-refractivity contribution in [2.24, 2.45) is 5.73 Å². The summed E-state index contributed by atoms with van der Waals surface area (Å²) < 4.78 is 0. The largest absolute Gasteiger partial charge is 0.323 e. The Hall–Kier alpha value is -0.380. The first-order valence-electron chi connectivity index (χ1n) is 2.82. The van der Waals surface area contributed by atoms with Gasteiger partial charge in [0.25, 0.3) is 0 Å². The third-order valence-electron chi connectivity index (χ3n) is 1.05. The van der Waals surface area contributed by atoms with E-state index in [9.17, 15) is 0 Å². The molecule has 2 N–H and O–H groups in total. The van der Waals surface area contributed by atoms with Crippen LogP contribution < -0.4 is 5.73 Å². The Balaban J connectivity index is 0. The molecule has 1 aromatic heterocycles. The SMILES string of the molecule is C[C@@H](N)c1cnccn1.Cl.Cl. The first-order chi connectivity index (χ1) is 4.30. The Bertz CT molecular complexity index is 178. The molecule has 0 spiro atoms. The van der Waals surface area contributed by atoms with Crippen LogP contribution in [-0.2, 0) is 0 Å². The summed E-state index contributed by atoms with van der Waals surface area (Å²) in [4.78, 5) is 7.85. The van der Waals surface area contributed by atoms with Crippen molar-refractivity contribution < 1.29 is 0 Å². The van der Waals surface area contributed by atoms with Gasteiger partial charge >= 0.3 is 0 Å². The first-order valence-corrected chi connectivity index (χ1v) is 2.82. The second-order valence-electron chi connectivity index (χ2n) is 1.92. The fraction of sp³-hybridized carbons (Fsp3) is 0.333. The van der Waals surface area contributed by atoms with Gasteiger partial charge in [-0.3, -0.25) is 9.97 Å². The van der Waals surface area contributed by atoms with Crippen LogP contribution in [0.15, 0.2) is 18.6 Å². The molecule has 0 radical (unpaired) electrons. The minimum absolute atomic E-state index is 0. The van der Waals surface area contributed by atoms with E-state index in [1.54, 1.807) is 18.6 Å². The molecule has 11 heavy (non-hydrogen) atoms. The van der Waals surface area contributed by atoms with Crippen LogP contribution in [-0.4, -0.2) is 9.97 Å². The molecule has 0 amide bonds. The van der Waals surface area contributed by atoms with Gasteiger partial charge in [-0.2, -0.15) is 0 Å². The zero-order chi connectivity index (χ0) is 6.69. The lowest BCUT2D eigenvalue weighted by atomic mass is 10.3. The van der Waals surface area contributed by atoms with Crippen molar-refractivity contribution in [2.45, 2.75) is 13.0 Å². The van der Waals surface area contributed by atoms with Crippen molar-refractivity contribution in [3.8, 4) is 0 Å². The highest BCUT2D eigenvalue weighted by atomic mass is 35.5. The summed E-state index contributed by atoms with van der Waals surface area (Å²) in [6.45, 7) is 1.88. The van der Waals surface area contributed by atoms with E-state index in [0.717, 1.165) is 5.69 Å². The number of hydrogen-bond donors (Lipinski definition) is 1. The molecule has 64 valence electrons. The Kier molecular flexibility index (Phi) is 7.62. The number of halogens is 2. The van der Waals surface area contributed by atoms with E-state index in [1.165, 1.54) is 0 Å². The van der Waals surface area contributed by atoms with Gasteiger partial charge in [0, 0.05) is 24.6 Å². The predicted molar refractivity (Wildman–Crippen MR) is 49.1 cm³/mol. The van der Waals surface area contributed by atoms with E-state index < -0.39 is 0 Å². The zero-order valence-corrected chi connectivity index (χ0v) is 7.73. The molecule has 1 aromatic rings. The molecule has 3 nitrogen and oxygen atoms in total. The minimum atomic E-state index is -0.0151. The quantitative estimate of drug-likeness (QED) is 0.737. The molecule has 1 atom stereocenters. The topological polar surface area (TPSA) is 51.8 Å². The zero-order valence-electron chi connectivity index (χ0n) is 6.10. The van der Waals surface area contributed by atoms with Gasteiger partial charge in [0.2, 0.25) is 0 Å². The van der Waals surface area contributed by atoms with Crippen molar-refractivity contribution in [1.29, 1.82) is 0 Å². The summed E-state index contributed by atoms with van der Waals surface area (Å²) in [6.07, 6.45) is 4.94. The molecule has 0 aliphatic carbocycles. The van der Waals surface area contributed by atoms with Crippen LogP contribution >= 0.6 is 24.8 Å². The molecule has 0 aliphatic rings. The molecule has 0 fully saturated rings. The maximum absolute atomic E-state index is 5.51. The van der Waals surface area contributed by atoms with Gasteiger partial charge in [0.05, 0.1) is 5.69 Å². The Labute approximate surface area is 78.2 Å². The van der Waals surface area contributed by atoms with Crippen LogP contribution in [0.2, 0.25) is 0 Å². The van der Waals surface area contributed by atoms with Crippen LogP contribution in [0.25, 0.3) is 0 Å². The lowest BCUT2D eigenvalue weighted by molar-refractivity contribution is 0.772. The smallest absolute Gasteiger partial charge is 0.0751 e. The first kappa shape index (κ1) is 13.2. The molecule has 1 heterocycles. The van der Waals surface area contributed by atoms with Gasteiger partial charge in [-0.1, -0.05) is 0 Å². The summed E-state index contributed by atoms with van der Waals surface area (Å²) in [5.74, 6) is 0. The van der Waals surface area contributed by atoms with E-state index >= 15 is 0 Å². The second-order valence-corrected chi connectivity index (χ2v) is 1.92. The molecule has 1 rings (SSSR count). The summed E-state index contributed by atoms with van der Waals surface area (Å²) in [5, 5.41) is 0. The van der Waals surface area contributed by atoms with E-state index in [2.05, 4.69) is 9.97 Å². The standard InChI is InChI=1S/C6H9N3.2ClH/c1-5(7)6-4-8-2-3-9-6;;/h2-5H,7H2,1H3;2*1H/t5-;;/m1../s1. The van der Waals surface area contributed by atoms with Crippen molar-refractivity contribution in [2.75, 3.05) is 0 Å². The van der Waals surface area contributed by atoms with Crippen LogP contribution in [0.3, 0.4) is 0 Å². The van der Waals surface area contributed by atoms with E-state index in [4.69, 9.17) is 5.73 Å². The molecule has 0 unspecified atom stereocenters. The van der Waals surface area contributed by atoms with Crippen molar-refractivity contribution >= 4 is 24.8 Å². The Morgan fingerprint density at radius 2 is 2.00 bits per heavy atom. The van der Waals surface area contributed by atoms with Crippen LogP contribution in [0.5, 0.6) is 0 Å². The van der Waals surface area contributed by atoms with Crippen molar-refractivity contribution in [1.82, 2.24) is 9.97 Å². The lowest BCUT2D eigenvalue weighted by Gasteiger charge is -1.99. The molecule has 0 aromatic carbocycles. The number of rotatable bonds is 1. The maximum Gasteiger partial charge on any atom is 0.0751 e. The van der Waals surface area contributed by atoms with E-state index in [-0.39, 0.29) is 30.9 Å². The van der Waals surface area contributed by atoms with Crippen LogP contribution in [0, 0.1) is 0 Å². The molecule has 0 aliphatic heterocycles. The fourth-order valence-electron chi connectivity index (χ4n) is 0.546. The number of hydrogen-bond acceptors (Lipinski definition) is 3. The maximum atomic E-state index is 5.51. The number of aromatic nitrogens is 2. The van der Waals surface area contributed by atoms with E-state index in [1.807, 2.05) is 6.92 Å². The number of nitrogens with zero attached hydrogens (tertiary/aromatic N) is 2. The summed E-state index contributed by atoms with van der Waals surface area (Å²) in [7, 11) is 0. The summed E-state index contributed by atoms with van der Waals surface area (Å²) >= 11 is 0. The third-order valence-corrected chi connectivity index (χ3v) is 1.05. The highest BCUT2D eigenvalue weighted by Crippen LogP contribution is 2.00. The van der Waals surface area contributed by atoms with Gasteiger partial charge in [0.1, 0.15) is 0 Å². The summed E-state index contributed by atoms with van der Waals surface area (Å²) in [6, 6.07) is -0.0151. The fourth-order valence-corrected chi connectivity index (χ4v) is 0.546. The van der Waals surface area contributed by atoms with Gasteiger partial charge in [-0.25, -0.2) is 0 Å². The Morgan fingerprint density at radius 1 is 1.36 bits per heavy atom. The molecule has 5 heteroatoms. The van der Waals surface area contributed by atoms with Crippen molar-refractivity contribution in [3.63, 3.8) is 0 Å². The molecular weight excluding hydrogens is 185 g/mol. The predicted octanol–water partition coefficient (Wildman–Crippen LogP) is 1.34. The van der Waals surface area contributed by atoms with Crippen molar-refractivity contribution in [3.05, 3.63) is 24.3 Å². The average molecular weight is 196 g/mol. The normalized spacial score (nSPS) is 10.7. The average Bonchev–Trinajstić information content (AvgIpc) is 1.90. The molecule has 0 saturated heterocycles. The van der Waals surface area contributed by atoms with E-state index in [0.29, 0.717) is 0 Å². The molecule has 0 bridgehead atoms. The van der Waals surface area contributed by atoms with Gasteiger partial charge in [-0.05, 0) is 6.92 Å². The number of nitrogens with two attached hydrogens (primary N) is 1. The second kappa shape index (κ2) is 6.34. The molecule has 0 saturated carbocycles. The van der Waals surface area contributed by atoms with Crippen LogP contribution in [0.4, 0.5) is 0 Å². The van der Waals surface area contributed by atoms with Crippen LogP contribution in [0.1, 0.15) is 18.7 Å². The minimum Gasteiger partial charge on any atom is -0.323 e. The monoisotopic (exact) mass is 195 g/mol. The lowest BCUT2D eigenvalue weighted by Crippen LogP contribution is -2.06.